The number of hydrogen-bond acceptors (Lipinski definition) is 7. The third-order valence-corrected chi connectivity index (χ3v) is 10.8. The third-order valence-electron chi connectivity index (χ3n) is 9.85. The molecular weight excluding hydrogens is 810 g/mol. The molecule has 0 aromatic rings. The molecule has 0 saturated heterocycles. The topological polar surface area (TPSA) is 108 Å². The van der Waals surface area contributed by atoms with E-state index in [1.165, 1.54) is 12.8 Å². The van der Waals surface area contributed by atoms with Gasteiger partial charge in [-0.25, -0.2) is 4.57 Å². The molecule has 0 aliphatic rings. The van der Waals surface area contributed by atoms with Crippen LogP contribution < -0.4 is 0 Å². The summed E-state index contributed by atoms with van der Waals surface area (Å²) >= 11 is 0. The summed E-state index contributed by atoms with van der Waals surface area (Å²) in [6.45, 7) is 4.21. The molecule has 0 aliphatic heterocycles. The molecule has 0 heterocycles. The Morgan fingerprint density at radius 2 is 0.905 bits per heavy atom. The number of ether oxygens (including phenoxy) is 2. The molecule has 0 bridgehead atoms. The number of phosphoric acid groups is 1. The Morgan fingerprint density at radius 3 is 1.35 bits per heavy atom. The molecule has 0 aromatic heterocycles. The predicted octanol–water partition coefficient (Wildman–Crippen LogP) is 14.5. The number of rotatable bonds is 43. The molecule has 9 nitrogen and oxygen atoms in total. The van der Waals surface area contributed by atoms with Gasteiger partial charge in [-0.15, -0.1) is 0 Å². The van der Waals surface area contributed by atoms with Crippen LogP contribution in [0, 0.1) is 0 Å². The number of hydrogen-bond donors (Lipinski definition) is 1. The average molecular weight is 901 g/mol. The molecule has 360 valence electrons. The summed E-state index contributed by atoms with van der Waals surface area (Å²) in [5.41, 5.74) is 0. The first kappa shape index (κ1) is 59.9. The number of esters is 2. The molecule has 0 radical (unpaired) electrons. The van der Waals surface area contributed by atoms with E-state index < -0.39 is 32.5 Å². The third kappa shape index (κ3) is 48.2. The standard InChI is InChI=1S/C53H90NO8P/c1-6-8-10-12-14-16-18-20-22-23-24-25-26-27-28-29-30-31-32-34-36-38-40-42-44-46-53(56)62-51(50-61-63(57,58)60-48-47-54(3,4)5)49-59-52(55)45-43-41-39-37-35-33-21-19-17-15-13-11-9-7-2/h8,10,13-16,19-22,24-25,27-28,30-31,51H,6-7,9,11-12,17-18,23,26,29,32-50H2,1-5H3/p+1/b10-8-,15-13-,16-14-,21-19-,22-20-,25-24-,28-27-,31-30-. The van der Waals surface area contributed by atoms with Crippen molar-refractivity contribution in [1.82, 2.24) is 0 Å². The molecule has 2 atom stereocenters. The van der Waals surface area contributed by atoms with Crippen LogP contribution in [-0.2, 0) is 32.7 Å². The molecule has 10 heteroatoms. The molecule has 0 aromatic carbocycles. The normalized spacial score (nSPS) is 14.3. The van der Waals surface area contributed by atoms with Crippen LogP contribution in [0.3, 0.4) is 0 Å². The van der Waals surface area contributed by atoms with Crippen molar-refractivity contribution in [3.63, 3.8) is 0 Å². The molecule has 0 aliphatic carbocycles. The summed E-state index contributed by atoms with van der Waals surface area (Å²) in [5.74, 6) is -0.840. The van der Waals surface area contributed by atoms with E-state index in [9.17, 15) is 19.0 Å². The summed E-state index contributed by atoms with van der Waals surface area (Å²) in [4.78, 5) is 35.5. The molecule has 0 saturated carbocycles. The van der Waals surface area contributed by atoms with Gasteiger partial charge in [-0.1, -0.05) is 169 Å². The highest BCUT2D eigenvalue weighted by atomic mass is 31.2. The fourth-order valence-corrected chi connectivity index (χ4v) is 6.77. The molecule has 2 unspecified atom stereocenters. The maximum atomic E-state index is 12.7. The van der Waals surface area contributed by atoms with Crippen LogP contribution in [0.5, 0.6) is 0 Å². The van der Waals surface area contributed by atoms with Crippen molar-refractivity contribution >= 4 is 19.8 Å². The highest BCUT2D eigenvalue weighted by Gasteiger charge is 2.27. The molecule has 1 N–H and O–H groups in total. The lowest BCUT2D eigenvalue weighted by molar-refractivity contribution is -0.870. The lowest BCUT2D eigenvalue weighted by atomic mass is 10.1. The van der Waals surface area contributed by atoms with E-state index in [2.05, 4.69) is 111 Å². The average Bonchev–Trinajstić information content (AvgIpc) is 3.24. The number of allylic oxidation sites excluding steroid dienone is 16. The van der Waals surface area contributed by atoms with Crippen molar-refractivity contribution < 1.29 is 42.1 Å². The summed E-state index contributed by atoms with van der Waals surface area (Å²) in [5, 5.41) is 0. The summed E-state index contributed by atoms with van der Waals surface area (Å²) in [6, 6.07) is 0. The minimum Gasteiger partial charge on any atom is -0.462 e. The molecular formula is C53H91NO8P+. The summed E-state index contributed by atoms with van der Waals surface area (Å²) in [7, 11) is 1.44. The second-order valence-corrected chi connectivity index (χ2v) is 18.6. The Bertz CT molecular complexity index is 1390. The summed E-state index contributed by atoms with van der Waals surface area (Å²) < 4.78 is 34.4. The smallest absolute Gasteiger partial charge is 0.462 e. The minimum atomic E-state index is -4.39. The van der Waals surface area contributed by atoms with Crippen LogP contribution >= 0.6 is 7.82 Å². The van der Waals surface area contributed by atoms with Crippen LogP contribution in [-0.4, -0.2) is 74.9 Å². The van der Waals surface area contributed by atoms with Gasteiger partial charge < -0.3 is 18.9 Å². The second-order valence-electron chi connectivity index (χ2n) is 17.1. The van der Waals surface area contributed by atoms with Crippen LogP contribution in [0.2, 0.25) is 0 Å². The van der Waals surface area contributed by atoms with Crippen molar-refractivity contribution in [1.29, 1.82) is 0 Å². The number of carbonyl (C=O) groups excluding carboxylic acids is 2. The van der Waals surface area contributed by atoms with Crippen molar-refractivity contribution in [2.45, 2.75) is 180 Å². The summed E-state index contributed by atoms with van der Waals surface area (Å²) in [6.07, 6.45) is 58.8. The Labute approximate surface area is 385 Å². The van der Waals surface area contributed by atoms with E-state index in [0.29, 0.717) is 23.9 Å². The number of likely N-dealkylation sites (N-methyl/N-ethyl adjacent to an activating group) is 1. The minimum absolute atomic E-state index is 0.0206. The van der Waals surface area contributed by atoms with Gasteiger partial charge in [0.2, 0.25) is 0 Å². The van der Waals surface area contributed by atoms with Gasteiger partial charge in [-0.2, -0.15) is 0 Å². The van der Waals surface area contributed by atoms with E-state index >= 15 is 0 Å². The van der Waals surface area contributed by atoms with Gasteiger partial charge >= 0.3 is 19.8 Å². The highest BCUT2D eigenvalue weighted by molar-refractivity contribution is 7.47. The van der Waals surface area contributed by atoms with Crippen LogP contribution in [0.4, 0.5) is 0 Å². The zero-order valence-electron chi connectivity index (χ0n) is 40.5. The van der Waals surface area contributed by atoms with Gasteiger partial charge in [-0.05, 0) is 89.9 Å². The first-order valence-electron chi connectivity index (χ1n) is 24.5. The van der Waals surface area contributed by atoms with E-state index in [1.807, 2.05) is 21.1 Å². The molecule has 63 heavy (non-hydrogen) atoms. The van der Waals surface area contributed by atoms with Gasteiger partial charge in [0, 0.05) is 12.8 Å². The fraction of sp³-hybridized carbons (Fsp3) is 0.660. The van der Waals surface area contributed by atoms with Crippen molar-refractivity contribution in [3.8, 4) is 0 Å². The number of quaternary nitrogens is 1. The zero-order chi connectivity index (χ0) is 46.4. The highest BCUT2D eigenvalue weighted by Crippen LogP contribution is 2.43. The van der Waals surface area contributed by atoms with Crippen molar-refractivity contribution in [3.05, 3.63) is 97.2 Å². The molecule has 0 amide bonds. The van der Waals surface area contributed by atoms with Crippen LogP contribution in [0.15, 0.2) is 97.2 Å². The number of phosphoric ester groups is 1. The maximum absolute atomic E-state index is 12.7. The van der Waals surface area contributed by atoms with E-state index in [4.69, 9.17) is 18.5 Å². The predicted molar refractivity (Wildman–Crippen MR) is 265 cm³/mol. The molecule has 0 fully saturated rings. The number of nitrogens with zero attached hydrogens (tertiary/aromatic N) is 1. The second kappa shape index (κ2) is 44.1. The Morgan fingerprint density at radius 1 is 0.508 bits per heavy atom. The van der Waals surface area contributed by atoms with Gasteiger partial charge in [0.25, 0.3) is 0 Å². The lowest BCUT2D eigenvalue weighted by Crippen LogP contribution is -2.37. The van der Waals surface area contributed by atoms with E-state index in [1.54, 1.807) is 0 Å². The first-order valence-corrected chi connectivity index (χ1v) is 26.0. The molecule has 0 spiro atoms. The zero-order valence-corrected chi connectivity index (χ0v) is 41.4. The number of carbonyl (C=O) groups is 2. The van der Waals surface area contributed by atoms with Gasteiger partial charge in [0.15, 0.2) is 6.10 Å². The Balaban J connectivity index is 4.34. The van der Waals surface area contributed by atoms with E-state index in [0.717, 1.165) is 122 Å². The largest absolute Gasteiger partial charge is 0.472 e. The van der Waals surface area contributed by atoms with Crippen molar-refractivity contribution in [2.24, 2.45) is 0 Å². The van der Waals surface area contributed by atoms with Crippen LogP contribution in [0.25, 0.3) is 0 Å². The lowest BCUT2D eigenvalue weighted by Gasteiger charge is -2.24. The first-order chi connectivity index (χ1) is 30.5. The Hall–Kier alpha value is -3.07. The quantitative estimate of drug-likeness (QED) is 0.0212. The monoisotopic (exact) mass is 901 g/mol. The Kier molecular flexibility index (Phi) is 42.0. The van der Waals surface area contributed by atoms with Gasteiger partial charge in [0.1, 0.15) is 19.8 Å². The van der Waals surface area contributed by atoms with Crippen LogP contribution in [0.1, 0.15) is 174 Å². The fourth-order valence-electron chi connectivity index (χ4n) is 6.03. The molecule has 0 rings (SSSR count). The van der Waals surface area contributed by atoms with Gasteiger partial charge in [-0.3, -0.25) is 18.6 Å². The maximum Gasteiger partial charge on any atom is 0.472 e. The number of unbranched alkanes of at least 4 members (excludes halogenated alkanes) is 13. The SMILES string of the molecule is CC/C=C\C/C=C\C/C=C\C/C=C\C/C=C\C/C=C\CCCCCCCCC(=O)OC(COC(=O)CCCCCCC/C=C\C/C=C\CCCC)COP(=O)(O)OCC[N+](C)(C)C. The van der Waals surface area contributed by atoms with E-state index in [-0.39, 0.29) is 26.1 Å². The van der Waals surface area contributed by atoms with Gasteiger partial charge in [0.05, 0.1) is 27.7 Å². The van der Waals surface area contributed by atoms with Crippen molar-refractivity contribution in [2.75, 3.05) is 47.5 Å².